The Morgan fingerprint density at radius 1 is 1.17 bits per heavy atom. The quantitative estimate of drug-likeness (QED) is 0.859. The van der Waals surface area contributed by atoms with Crippen molar-refractivity contribution in [2.24, 2.45) is 5.92 Å². The van der Waals surface area contributed by atoms with Crippen LogP contribution in [0.4, 0.5) is 0 Å². The summed E-state index contributed by atoms with van der Waals surface area (Å²) in [6, 6.07) is 8.85. The fourth-order valence-electron chi connectivity index (χ4n) is 2.60. The molecule has 1 fully saturated rings. The minimum Gasteiger partial charge on any atom is -0.313 e. The van der Waals surface area contributed by atoms with Crippen LogP contribution in [0.2, 0.25) is 0 Å². The molecule has 0 saturated carbocycles. The van der Waals surface area contributed by atoms with Crippen molar-refractivity contribution in [3.63, 3.8) is 0 Å². The highest BCUT2D eigenvalue weighted by molar-refractivity contribution is 5.27. The second-order valence-corrected chi connectivity index (χ2v) is 5.51. The van der Waals surface area contributed by atoms with E-state index in [0.717, 1.165) is 25.6 Å². The van der Waals surface area contributed by atoms with Crippen LogP contribution >= 0.6 is 0 Å². The van der Waals surface area contributed by atoms with Crippen molar-refractivity contribution in [2.75, 3.05) is 19.6 Å². The fraction of sp³-hybridized carbons (Fsp3) is 0.625. The van der Waals surface area contributed by atoms with E-state index in [1.54, 1.807) is 0 Å². The van der Waals surface area contributed by atoms with Gasteiger partial charge in [0.15, 0.2) is 0 Å². The molecule has 0 bridgehead atoms. The highest BCUT2D eigenvalue weighted by atomic mass is 15.1. The van der Waals surface area contributed by atoms with Gasteiger partial charge >= 0.3 is 0 Å². The largest absolute Gasteiger partial charge is 0.313 e. The van der Waals surface area contributed by atoms with Gasteiger partial charge in [-0.05, 0) is 49.5 Å². The predicted octanol–water partition coefficient (Wildman–Crippen LogP) is 3.03. The lowest BCUT2D eigenvalue weighted by Gasteiger charge is -2.30. The number of rotatable bonds is 5. The van der Waals surface area contributed by atoms with Crippen LogP contribution in [-0.2, 0) is 13.1 Å². The van der Waals surface area contributed by atoms with Gasteiger partial charge in [0.2, 0.25) is 0 Å². The molecule has 1 aliphatic heterocycles. The number of piperidine rings is 1. The van der Waals surface area contributed by atoms with Crippen LogP contribution in [0.15, 0.2) is 24.3 Å². The first-order valence-corrected chi connectivity index (χ1v) is 7.29. The third kappa shape index (κ3) is 3.82. The molecule has 1 heterocycles. The number of likely N-dealkylation sites (tertiary alicyclic amines) is 1. The maximum Gasteiger partial charge on any atom is 0.0236 e. The molecule has 1 aromatic rings. The maximum absolute atomic E-state index is 3.43. The van der Waals surface area contributed by atoms with Crippen LogP contribution in [0.5, 0.6) is 0 Å². The van der Waals surface area contributed by atoms with Gasteiger partial charge < -0.3 is 5.32 Å². The molecule has 0 amide bonds. The molecule has 0 aromatic heterocycles. The molecule has 0 spiro atoms. The summed E-state index contributed by atoms with van der Waals surface area (Å²) in [4.78, 5) is 2.60. The highest BCUT2D eigenvalue weighted by Gasteiger charge is 2.16. The first kappa shape index (κ1) is 13.6. The Morgan fingerprint density at radius 3 is 2.50 bits per heavy atom. The van der Waals surface area contributed by atoms with Crippen molar-refractivity contribution < 1.29 is 0 Å². The van der Waals surface area contributed by atoms with Crippen LogP contribution in [0.3, 0.4) is 0 Å². The summed E-state index contributed by atoms with van der Waals surface area (Å²) >= 11 is 0. The molecular formula is C16H26N2. The molecular weight excluding hydrogens is 220 g/mol. The zero-order valence-electron chi connectivity index (χ0n) is 11.8. The first-order chi connectivity index (χ1) is 8.79. The predicted molar refractivity (Wildman–Crippen MR) is 77.5 cm³/mol. The minimum absolute atomic E-state index is 0.915. The van der Waals surface area contributed by atoms with Gasteiger partial charge in [-0.1, -0.05) is 38.1 Å². The molecule has 1 aromatic carbocycles. The van der Waals surface area contributed by atoms with E-state index in [2.05, 4.69) is 48.3 Å². The Labute approximate surface area is 111 Å². The van der Waals surface area contributed by atoms with Crippen molar-refractivity contribution in [3.8, 4) is 0 Å². The summed E-state index contributed by atoms with van der Waals surface area (Å²) in [6.45, 7) is 10.2. The SMILES string of the molecule is CCNCc1ccccc1CN1CCC(C)CC1. The normalized spacial score (nSPS) is 18.1. The smallest absolute Gasteiger partial charge is 0.0236 e. The average molecular weight is 246 g/mol. The Balaban J connectivity index is 1.95. The first-order valence-electron chi connectivity index (χ1n) is 7.29. The summed E-state index contributed by atoms with van der Waals surface area (Å²) in [5.74, 6) is 0.915. The Morgan fingerprint density at radius 2 is 1.83 bits per heavy atom. The van der Waals surface area contributed by atoms with E-state index >= 15 is 0 Å². The molecule has 18 heavy (non-hydrogen) atoms. The van der Waals surface area contributed by atoms with Gasteiger partial charge in [-0.25, -0.2) is 0 Å². The maximum atomic E-state index is 3.43. The van der Waals surface area contributed by atoms with Gasteiger partial charge in [-0.15, -0.1) is 0 Å². The number of benzene rings is 1. The minimum atomic E-state index is 0.915. The van der Waals surface area contributed by atoms with Crippen LogP contribution in [0.1, 0.15) is 37.8 Å². The van der Waals surface area contributed by atoms with Gasteiger partial charge in [0, 0.05) is 13.1 Å². The summed E-state index contributed by atoms with van der Waals surface area (Å²) in [5.41, 5.74) is 2.95. The molecule has 1 aliphatic rings. The monoisotopic (exact) mass is 246 g/mol. The van der Waals surface area contributed by atoms with Crippen molar-refractivity contribution in [1.82, 2.24) is 10.2 Å². The van der Waals surface area contributed by atoms with E-state index in [1.165, 1.54) is 37.1 Å². The van der Waals surface area contributed by atoms with E-state index < -0.39 is 0 Å². The zero-order chi connectivity index (χ0) is 12.8. The van der Waals surface area contributed by atoms with E-state index in [-0.39, 0.29) is 0 Å². The third-order valence-electron chi connectivity index (χ3n) is 3.95. The topological polar surface area (TPSA) is 15.3 Å². The summed E-state index contributed by atoms with van der Waals surface area (Å²) in [7, 11) is 0. The molecule has 0 radical (unpaired) electrons. The Hall–Kier alpha value is -0.860. The van der Waals surface area contributed by atoms with Crippen LogP contribution in [-0.4, -0.2) is 24.5 Å². The Bertz CT molecular complexity index is 354. The average Bonchev–Trinajstić information content (AvgIpc) is 2.40. The van der Waals surface area contributed by atoms with E-state index in [1.807, 2.05) is 0 Å². The molecule has 2 nitrogen and oxygen atoms in total. The molecule has 100 valence electrons. The fourth-order valence-corrected chi connectivity index (χ4v) is 2.60. The molecule has 1 N–H and O–H groups in total. The molecule has 2 rings (SSSR count). The molecule has 1 saturated heterocycles. The van der Waals surface area contributed by atoms with Crippen molar-refractivity contribution in [1.29, 1.82) is 0 Å². The van der Waals surface area contributed by atoms with E-state index in [0.29, 0.717) is 0 Å². The summed E-state index contributed by atoms with van der Waals surface area (Å²) in [6.07, 6.45) is 2.71. The molecule has 0 aliphatic carbocycles. The van der Waals surface area contributed by atoms with Crippen molar-refractivity contribution in [3.05, 3.63) is 35.4 Å². The summed E-state index contributed by atoms with van der Waals surface area (Å²) < 4.78 is 0. The Kier molecular flexibility index (Phi) is 5.21. The standard InChI is InChI=1S/C16H26N2/c1-3-17-12-15-6-4-5-7-16(15)13-18-10-8-14(2)9-11-18/h4-7,14,17H,3,8-13H2,1-2H3. The highest BCUT2D eigenvalue weighted by Crippen LogP contribution is 2.19. The third-order valence-corrected chi connectivity index (χ3v) is 3.95. The van der Waals surface area contributed by atoms with Gasteiger partial charge in [0.25, 0.3) is 0 Å². The van der Waals surface area contributed by atoms with Gasteiger partial charge in [-0.3, -0.25) is 4.90 Å². The summed E-state index contributed by atoms with van der Waals surface area (Å²) in [5, 5.41) is 3.43. The number of hydrogen-bond donors (Lipinski definition) is 1. The van der Waals surface area contributed by atoms with Gasteiger partial charge in [0.1, 0.15) is 0 Å². The lowest BCUT2D eigenvalue weighted by atomic mass is 9.98. The lowest BCUT2D eigenvalue weighted by molar-refractivity contribution is 0.185. The number of nitrogens with zero attached hydrogens (tertiary/aromatic N) is 1. The second kappa shape index (κ2) is 6.91. The lowest BCUT2D eigenvalue weighted by Crippen LogP contribution is -2.32. The van der Waals surface area contributed by atoms with E-state index in [4.69, 9.17) is 0 Å². The molecule has 2 heteroatoms. The molecule has 0 atom stereocenters. The van der Waals surface area contributed by atoms with Crippen molar-refractivity contribution >= 4 is 0 Å². The van der Waals surface area contributed by atoms with Crippen LogP contribution in [0, 0.1) is 5.92 Å². The number of nitrogens with one attached hydrogen (secondary N) is 1. The van der Waals surface area contributed by atoms with Gasteiger partial charge in [0.05, 0.1) is 0 Å². The molecule has 0 unspecified atom stereocenters. The number of hydrogen-bond acceptors (Lipinski definition) is 2. The second-order valence-electron chi connectivity index (χ2n) is 5.51. The van der Waals surface area contributed by atoms with Crippen molar-refractivity contribution in [2.45, 2.75) is 39.8 Å². The zero-order valence-corrected chi connectivity index (χ0v) is 11.8. The van der Waals surface area contributed by atoms with Crippen LogP contribution in [0.25, 0.3) is 0 Å². The van der Waals surface area contributed by atoms with E-state index in [9.17, 15) is 0 Å². The van der Waals surface area contributed by atoms with Crippen LogP contribution < -0.4 is 5.32 Å². The van der Waals surface area contributed by atoms with Gasteiger partial charge in [-0.2, -0.15) is 0 Å².